The van der Waals surface area contributed by atoms with Crippen LogP contribution in [-0.4, -0.2) is 25.3 Å². The van der Waals surface area contributed by atoms with Crippen LogP contribution in [0.2, 0.25) is 0 Å². The van der Waals surface area contributed by atoms with Gasteiger partial charge in [-0.3, -0.25) is 0 Å². The standard InChI is InChI=1S/C16H18ClO2P/c17-11-12-19-13-14-20(18,15-7-3-1-4-8-15)16-9-5-2-6-10-16/h1-10H,11-14H2. The van der Waals surface area contributed by atoms with Crippen LogP contribution in [0.15, 0.2) is 60.7 Å². The van der Waals surface area contributed by atoms with Crippen LogP contribution in [0.3, 0.4) is 0 Å². The Morgan fingerprint density at radius 3 is 1.80 bits per heavy atom. The summed E-state index contributed by atoms with van der Waals surface area (Å²) in [6.07, 6.45) is 0.498. The van der Waals surface area contributed by atoms with Gasteiger partial charge in [-0.2, -0.15) is 0 Å². The van der Waals surface area contributed by atoms with E-state index in [-0.39, 0.29) is 0 Å². The van der Waals surface area contributed by atoms with Gasteiger partial charge in [-0.25, -0.2) is 0 Å². The van der Waals surface area contributed by atoms with E-state index in [0.717, 1.165) is 10.6 Å². The molecule has 0 aliphatic carbocycles. The van der Waals surface area contributed by atoms with Gasteiger partial charge in [0, 0.05) is 22.7 Å². The first-order chi connectivity index (χ1) is 9.77. The Kier molecular flexibility index (Phi) is 5.85. The predicted molar refractivity (Wildman–Crippen MR) is 86.2 cm³/mol. The van der Waals surface area contributed by atoms with Crippen molar-refractivity contribution in [2.75, 3.05) is 25.3 Å². The molecule has 0 amide bonds. The quantitative estimate of drug-likeness (QED) is 0.446. The van der Waals surface area contributed by atoms with Crippen LogP contribution in [0.5, 0.6) is 0 Å². The molecule has 0 aliphatic rings. The van der Waals surface area contributed by atoms with Crippen LogP contribution >= 0.6 is 18.7 Å². The highest BCUT2D eigenvalue weighted by Gasteiger charge is 2.26. The molecule has 0 aromatic heterocycles. The summed E-state index contributed by atoms with van der Waals surface area (Å²) in [6.45, 7) is 0.943. The van der Waals surface area contributed by atoms with Gasteiger partial charge < -0.3 is 9.30 Å². The second-order valence-corrected chi connectivity index (χ2v) is 7.77. The highest BCUT2D eigenvalue weighted by molar-refractivity contribution is 7.78. The molecule has 2 nitrogen and oxygen atoms in total. The molecule has 0 radical (unpaired) electrons. The van der Waals surface area contributed by atoms with Crippen molar-refractivity contribution in [3.63, 3.8) is 0 Å². The van der Waals surface area contributed by atoms with Gasteiger partial charge in [0.2, 0.25) is 0 Å². The van der Waals surface area contributed by atoms with Crippen molar-refractivity contribution in [2.45, 2.75) is 0 Å². The SMILES string of the molecule is O=P(CCOCCCl)(c1ccccc1)c1ccccc1. The van der Waals surface area contributed by atoms with E-state index in [1.165, 1.54) is 0 Å². The Balaban J connectivity index is 2.27. The first kappa shape index (κ1) is 15.3. The lowest BCUT2D eigenvalue weighted by Crippen LogP contribution is -2.20. The maximum absolute atomic E-state index is 13.5. The minimum Gasteiger partial charge on any atom is -0.380 e. The molecule has 0 fully saturated rings. The first-order valence-electron chi connectivity index (χ1n) is 6.61. The van der Waals surface area contributed by atoms with Gasteiger partial charge >= 0.3 is 0 Å². The fraction of sp³-hybridized carbons (Fsp3) is 0.250. The molecule has 0 aliphatic heterocycles. The van der Waals surface area contributed by atoms with Crippen molar-refractivity contribution in [3.05, 3.63) is 60.7 Å². The van der Waals surface area contributed by atoms with Crippen LogP contribution < -0.4 is 10.6 Å². The maximum Gasteiger partial charge on any atom is 0.145 e. The molecular formula is C16H18ClO2P. The smallest absolute Gasteiger partial charge is 0.145 e. The number of hydrogen-bond donors (Lipinski definition) is 0. The lowest BCUT2D eigenvalue weighted by Gasteiger charge is -2.19. The Hall–Kier alpha value is -1.08. The van der Waals surface area contributed by atoms with Crippen LogP contribution in [0, 0.1) is 0 Å². The van der Waals surface area contributed by atoms with Crippen LogP contribution in [-0.2, 0) is 9.30 Å². The molecule has 0 bridgehead atoms. The summed E-state index contributed by atoms with van der Waals surface area (Å²) in [5.41, 5.74) is 0. The Labute approximate surface area is 125 Å². The molecule has 4 heteroatoms. The molecule has 0 unspecified atom stereocenters. The average molecular weight is 309 g/mol. The third-order valence-corrected chi connectivity index (χ3v) is 6.35. The van der Waals surface area contributed by atoms with Crippen molar-refractivity contribution in [2.24, 2.45) is 0 Å². The highest BCUT2D eigenvalue weighted by atomic mass is 35.5. The van der Waals surface area contributed by atoms with Crippen molar-refractivity contribution in [1.82, 2.24) is 0 Å². The van der Waals surface area contributed by atoms with E-state index in [4.69, 9.17) is 16.3 Å². The molecule has 2 aromatic rings. The van der Waals surface area contributed by atoms with Gasteiger partial charge in [0.25, 0.3) is 0 Å². The zero-order valence-electron chi connectivity index (χ0n) is 11.2. The van der Waals surface area contributed by atoms with E-state index < -0.39 is 7.14 Å². The Morgan fingerprint density at radius 1 is 0.850 bits per heavy atom. The van der Waals surface area contributed by atoms with Crippen molar-refractivity contribution < 1.29 is 9.30 Å². The van der Waals surface area contributed by atoms with E-state index >= 15 is 0 Å². The third kappa shape index (κ3) is 3.73. The summed E-state index contributed by atoms with van der Waals surface area (Å²) in [4.78, 5) is 0. The summed E-state index contributed by atoms with van der Waals surface area (Å²) >= 11 is 5.59. The summed E-state index contributed by atoms with van der Waals surface area (Å²) in [5, 5.41) is 1.75. The minimum atomic E-state index is -2.63. The molecule has 106 valence electrons. The molecule has 0 heterocycles. The summed E-state index contributed by atoms with van der Waals surface area (Å²) in [6, 6.07) is 19.3. The largest absolute Gasteiger partial charge is 0.380 e. The third-order valence-electron chi connectivity index (χ3n) is 3.12. The number of halogens is 1. The normalized spacial score (nSPS) is 11.4. The average Bonchev–Trinajstić information content (AvgIpc) is 2.53. The van der Waals surface area contributed by atoms with Gasteiger partial charge in [0.1, 0.15) is 7.14 Å². The molecular weight excluding hydrogens is 291 g/mol. The van der Waals surface area contributed by atoms with Gasteiger partial charge in [-0.05, 0) is 0 Å². The molecule has 0 N–H and O–H groups in total. The van der Waals surface area contributed by atoms with E-state index in [2.05, 4.69) is 0 Å². The van der Waals surface area contributed by atoms with Gasteiger partial charge in [0.05, 0.1) is 13.2 Å². The maximum atomic E-state index is 13.5. The van der Waals surface area contributed by atoms with E-state index in [9.17, 15) is 4.57 Å². The molecule has 0 spiro atoms. The van der Waals surface area contributed by atoms with E-state index in [1.54, 1.807) is 0 Å². The van der Waals surface area contributed by atoms with E-state index in [1.807, 2.05) is 60.7 Å². The summed E-state index contributed by atoms with van der Waals surface area (Å²) in [5.74, 6) is 0.459. The number of rotatable bonds is 7. The van der Waals surface area contributed by atoms with Crippen LogP contribution in [0.4, 0.5) is 0 Å². The minimum absolute atomic E-state index is 0.452. The fourth-order valence-electron chi connectivity index (χ4n) is 2.09. The Bertz CT molecular complexity index is 514. The molecule has 20 heavy (non-hydrogen) atoms. The number of benzene rings is 2. The van der Waals surface area contributed by atoms with Crippen molar-refractivity contribution >= 4 is 29.4 Å². The second kappa shape index (κ2) is 7.64. The number of hydrogen-bond acceptors (Lipinski definition) is 2. The molecule has 2 aromatic carbocycles. The highest BCUT2D eigenvalue weighted by Crippen LogP contribution is 2.42. The monoisotopic (exact) mass is 308 g/mol. The van der Waals surface area contributed by atoms with Gasteiger partial charge in [-0.1, -0.05) is 60.7 Å². The van der Waals surface area contributed by atoms with Gasteiger partial charge in [-0.15, -0.1) is 11.6 Å². The molecule has 0 saturated carbocycles. The Morgan fingerprint density at radius 2 is 1.35 bits per heavy atom. The second-order valence-electron chi connectivity index (χ2n) is 4.44. The lowest BCUT2D eigenvalue weighted by atomic mass is 10.4. The topological polar surface area (TPSA) is 26.3 Å². The molecule has 0 atom stereocenters. The fourth-order valence-corrected chi connectivity index (χ4v) is 4.71. The van der Waals surface area contributed by atoms with Crippen LogP contribution in [0.1, 0.15) is 0 Å². The number of alkyl halides is 1. The van der Waals surface area contributed by atoms with Crippen molar-refractivity contribution in [3.8, 4) is 0 Å². The van der Waals surface area contributed by atoms with Gasteiger partial charge in [0.15, 0.2) is 0 Å². The molecule has 0 saturated heterocycles. The molecule has 2 rings (SSSR count). The van der Waals surface area contributed by atoms with E-state index in [0.29, 0.717) is 25.3 Å². The number of ether oxygens (including phenoxy) is 1. The van der Waals surface area contributed by atoms with Crippen molar-refractivity contribution in [1.29, 1.82) is 0 Å². The first-order valence-corrected chi connectivity index (χ1v) is 9.04. The summed E-state index contributed by atoms with van der Waals surface area (Å²) in [7, 11) is -2.63. The predicted octanol–water partition coefficient (Wildman–Crippen LogP) is 3.26. The zero-order valence-corrected chi connectivity index (χ0v) is 12.9. The summed E-state index contributed by atoms with van der Waals surface area (Å²) < 4.78 is 18.9. The van der Waals surface area contributed by atoms with Crippen LogP contribution in [0.25, 0.3) is 0 Å². The lowest BCUT2D eigenvalue weighted by molar-refractivity contribution is 0.165. The zero-order chi connectivity index (χ0) is 14.3.